The summed E-state index contributed by atoms with van der Waals surface area (Å²) in [6, 6.07) is 12.8. The SMILES string of the molecule is O=C(/C=C/c1ccco1)NC1(C(=O)O)CC1c1ccccc1. The highest BCUT2D eigenvalue weighted by Crippen LogP contribution is 2.51. The first-order chi connectivity index (χ1) is 10.6. The third-order valence-corrected chi connectivity index (χ3v) is 3.83. The number of furan rings is 1. The number of amides is 1. The Kier molecular flexibility index (Phi) is 3.55. The van der Waals surface area contributed by atoms with Crippen LogP contribution in [-0.2, 0) is 9.59 Å². The number of carboxylic acids is 1. The summed E-state index contributed by atoms with van der Waals surface area (Å²) in [5.41, 5.74) is -0.299. The molecule has 1 fully saturated rings. The fourth-order valence-electron chi connectivity index (χ4n) is 2.58. The second-order valence-corrected chi connectivity index (χ2v) is 5.28. The molecule has 2 unspecified atom stereocenters. The van der Waals surface area contributed by atoms with Crippen molar-refractivity contribution in [1.29, 1.82) is 0 Å². The number of aliphatic carboxylic acids is 1. The van der Waals surface area contributed by atoms with Crippen LogP contribution in [0.15, 0.2) is 59.2 Å². The minimum Gasteiger partial charge on any atom is -0.479 e. The molecule has 0 bridgehead atoms. The zero-order valence-electron chi connectivity index (χ0n) is 11.7. The van der Waals surface area contributed by atoms with Crippen LogP contribution in [0.1, 0.15) is 23.7 Å². The van der Waals surface area contributed by atoms with Gasteiger partial charge in [-0.1, -0.05) is 30.3 Å². The molecule has 2 aromatic rings. The van der Waals surface area contributed by atoms with Gasteiger partial charge in [0.25, 0.3) is 0 Å². The molecule has 3 rings (SSSR count). The van der Waals surface area contributed by atoms with Crippen LogP contribution in [0.5, 0.6) is 0 Å². The molecule has 1 saturated carbocycles. The van der Waals surface area contributed by atoms with Gasteiger partial charge in [-0.15, -0.1) is 0 Å². The molecule has 2 N–H and O–H groups in total. The number of carboxylic acid groups (broad SMARTS) is 1. The molecule has 1 aromatic carbocycles. The average molecular weight is 297 g/mol. The van der Waals surface area contributed by atoms with Crippen molar-refractivity contribution in [3.8, 4) is 0 Å². The standard InChI is InChI=1S/C17H15NO4/c19-15(9-8-13-7-4-10-22-13)18-17(16(20)21)11-14(17)12-5-2-1-3-6-12/h1-10,14H,11H2,(H,18,19)(H,20,21)/b9-8+. The topological polar surface area (TPSA) is 79.5 Å². The van der Waals surface area contributed by atoms with Gasteiger partial charge in [0.1, 0.15) is 11.3 Å². The lowest BCUT2D eigenvalue weighted by atomic mass is 10.1. The van der Waals surface area contributed by atoms with Gasteiger partial charge in [-0.25, -0.2) is 4.79 Å². The number of hydrogen-bond donors (Lipinski definition) is 2. The van der Waals surface area contributed by atoms with E-state index in [9.17, 15) is 14.7 Å². The maximum Gasteiger partial charge on any atom is 0.330 e. The Hall–Kier alpha value is -2.82. The number of rotatable bonds is 5. The highest BCUT2D eigenvalue weighted by molar-refractivity contribution is 5.97. The van der Waals surface area contributed by atoms with Crippen molar-refractivity contribution in [2.24, 2.45) is 0 Å². The summed E-state index contributed by atoms with van der Waals surface area (Å²) in [7, 11) is 0. The van der Waals surface area contributed by atoms with Crippen LogP contribution < -0.4 is 5.32 Å². The van der Waals surface area contributed by atoms with E-state index in [1.807, 2.05) is 30.3 Å². The Morgan fingerprint density at radius 3 is 2.64 bits per heavy atom. The van der Waals surface area contributed by atoms with E-state index in [1.54, 1.807) is 12.1 Å². The smallest absolute Gasteiger partial charge is 0.330 e. The molecule has 1 aliphatic rings. The third-order valence-electron chi connectivity index (χ3n) is 3.83. The van der Waals surface area contributed by atoms with Crippen LogP contribution in [-0.4, -0.2) is 22.5 Å². The molecular weight excluding hydrogens is 282 g/mol. The predicted octanol–water partition coefficient (Wildman–Crippen LogP) is 2.42. The Balaban J connectivity index is 1.71. The van der Waals surface area contributed by atoms with Crippen molar-refractivity contribution in [1.82, 2.24) is 5.32 Å². The number of benzene rings is 1. The van der Waals surface area contributed by atoms with Gasteiger partial charge < -0.3 is 14.8 Å². The monoisotopic (exact) mass is 297 g/mol. The van der Waals surface area contributed by atoms with E-state index < -0.39 is 17.4 Å². The van der Waals surface area contributed by atoms with Crippen molar-refractivity contribution in [2.45, 2.75) is 17.9 Å². The van der Waals surface area contributed by atoms with Gasteiger partial charge in [0.05, 0.1) is 6.26 Å². The summed E-state index contributed by atoms with van der Waals surface area (Å²) >= 11 is 0. The number of carbonyl (C=O) groups is 2. The highest BCUT2D eigenvalue weighted by Gasteiger charge is 2.62. The lowest BCUT2D eigenvalue weighted by Crippen LogP contribution is -2.43. The molecule has 5 nitrogen and oxygen atoms in total. The normalized spacial score (nSPS) is 23.4. The lowest BCUT2D eigenvalue weighted by molar-refractivity contribution is -0.142. The van der Waals surface area contributed by atoms with E-state index in [4.69, 9.17) is 4.42 Å². The minimum atomic E-state index is -1.22. The van der Waals surface area contributed by atoms with Gasteiger partial charge in [-0.2, -0.15) is 0 Å². The van der Waals surface area contributed by atoms with Crippen molar-refractivity contribution in [3.63, 3.8) is 0 Å². The van der Waals surface area contributed by atoms with E-state index in [-0.39, 0.29) is 5.92 Å². The van der Waals surface area contributed by atoms with Crippen LogP contribution in [0.3, 0.4) is 0 Å². The van der Waals surface area contributed by atoms with Gasteiger partial charge in [0.2, 0.25) is 5.91 Å². The molecule has 0 spiro atoms. The number of hydrogen-bond acceptors (Lipinski definition) is 3. The van der Waals surface area contributed by atoms with Gasteiger partial charge >= 0.3 is 5.97 Å². The fourth-order valence-corrected chi connectivity index (χ4v) is 2.58. The Morgan fingerprint density at radius 1 is 1.23 bits per heavy atom. The molecule has 112 valence electrons. The van der Waals surface area contributed by atoms with Crippen molar-refractivity contribution >= 4 is 18.0 Å². The fraction of sp³-hybridized carbons (Fsp3) is 0.176. The van der Waals surface area contributed by atoms with Crippen molar-refractivity contribution in [3.05, 3.63) is 66.1 Å². The molecule has 1 aliphatic carbocycles. The average Bonchev–Trinajstić information content (AvgIpc) is 3.01. The summed E-state index contributed by atoms with van der Waals surface area (Å²) in [6.45, 7) is 0. The zero-order chi connectivity index (χ0) is 15.6. The summed E-state index contributed by atoms with van der Waals surface area (Å²) < 4.78 is 5.08. The van der Waals surface area contributed by atoms with Crippen LogP contribution in [0, 0.1) is 0 Å². The first kappa shape index (κ1) is 14.1. The molecule has 5 heteroatoms. The van der Waals surface area contributed by atoms with Gasteiger partial charge in [-0.05, 0) is 30.2 Å². The van der Waals surface area contributed by atoms with Crippen LogP contribution in [0.25, 0.3) is 6.08 Å². The Labute approximate surface area is 127 Å². The Bertz CT molecular complexity index is 706. The largest absolute Gasteiger partial charge is 0.479 e. The van der Waals surface area contributed by atoms with E-state index in [2.05, 4.69) is 5.32 Å². The summed E-state index contributed by atoms with van der Waals surface area (Å²) in [4.78, 5) is 23.6. The molecular formula is C17H15NO4. The van der Waals surface area contributed by atoms with Crippen LogP contribution >= 0.6 is 0 Å². The predicted molar refractivity (Wildman–Crippen MR) is 80.1 cm³/mol. The summed E-state index contributed by atoms with van der Waals surface area (Å²) in [6.07, 6.45) is 4.68. The first-order valence-corrected chi connectivity index (χ1v) is 6.94. The lowest BCUT2D eigenvalue weighted by Gasteiger charge is -2.13. The zero-order valence-corrected chi connectivity index (χ0v) is 11.7. The van der Waals surface area contributed by atoms with E-state index in [1.165, 1.54) is 18.4 Å². The van der Waals surface area contributed by atoms with E-state index >= 15 is 0 Å². The van der Waals surface area contributed by atoms with Crippen molar-refractivity contribution < 1.29 is 19.1 Å². The summed E-state index contributed by atoms with van der Waals surface area (Å²) in [5, 5.41) is 12.1. The van der Waals surface area contributed by atoms with Crippen LogP contribution in [0.2, 0.25) is 0 Å². The number of carbonyl (C=O) groups excluding carboxylic acids is 1. The second-order valence-electron chi connectivity index (χ2n) is 5.28. The molecule has 0 aliphatic heterocycles. The quantitative estimate of drug-likeness (QED) is 0.831. The first-order valence-electron chi connectivity index (χ1n) is 6.94. The molecule has 0 radical (unpaired) electrons. The molecule has 0 saturated heterocycles. The Morgan fingerprint density at radius 2 is 2.00 bits per heavy atom. The van der Waals surface area contributed by atoms with Crippen molar-refractivity contribution in [2.75, 3.05) is 0 Å². The third kappa shape index (κ3) is 2.65. The molecule has 2 atom stereocenters. The van der Waals surface area contributed by atoms with Gasteiger partial charge in [-0.3, -0.25) is 4.79 Å². The maximum atomic E-state index is 12.0. The summed E-state index contributed by atoms with van der Waals surface area (Å²) in [5.74, 6) is -1.12. The highest BCUT2D eigenvalue weighted by atomic mass is 16.4. The van der Waals surface area contributed by atoms with Gasteiger partial charge in [0.15, 0.2) is 0 Å². The molecule has 1 amide bonds. The van der Waals surface area contributed by atoms with Crippen LogP contribution in [0.4, 0.5) is 0 Å². The molecule has 1 aromatic heterocycles. The minimum absolute atomic E-state index is 0.202. The van der Waals surface area contributed by atoms with E-state index in [0.717, 1.165) is 5.56 Å². The molecule has 22 heavy (non-hydrogen) atoms. The second kappa shape index (κ2) is 5.52. The van der Waals surface area contributed by atoms with E-state index in [0.29, 0.717) is 12.2 Å². The van der Waals surface area contributed by atoms with Gasteiger partial charge in [0, 0.05) is 12.0 Å². The number of nitrogens with one attached hydrogen (secondary N) is 1. The maximum absolute atomic E-state index is 12.0. The molecule has 1 heterocycles.